The van der Waals surface area contributed by atoms with Crippen LogP contribution in [-0.4, -0.2) is 94.1 Å². The number of nitrogen functional groups attached to an aromatic ring is 1. The number of pyridine rings is 1. The quantitative estimate of drug-likeness (QED) is 0.180. The van der Waals surface area contributed by atoms with Gasteiger partial charge in [-0.1, -0.05) is 70.3 Å². The largest absolute Gasteiger partial charge is 0.391 e. The number of methoxy groups -OCH3 is 1. The van der Waals surface area contributed by atoms with Gasteiger partial charge in [0.15, 0.2) is 5.13 Å². The van der Waals surface area contributed by atoms with Crippen LogP contribution >= 0.6 is 11.3 Å². The first-order valence-corrected chi connectivity index (χ1v) is 20.2. The Morgan fingerprint density at radius 1 is 1.02 bits per heavy atom. The highest BCUT2D eigenvalue weighted by Gasteiger charge is 2.38. The van der Waals surface area contributed by atoms with E-state index < -0.39 is 17.6 Å². The van der Waals surface area contributed by atoms with E-state index in [1.165, 1.54) is 30.6 Å². The topological polar surface area (TPSA) is 151 Å². The monoisotopic (exact) mass is 724 g/mol. The van der Waals surface area contributed by atoms with Crippen LogP contribution in [-0.2, 0) is 32.0 Å². The first-order valence-electron chi connectivity index (χ1n) is 19.3. The molecule has 3 fully saturated rings. The number of ether oxygens (including phenoxy) is 1. The molecule has 0 aliphatic heterocycles. The Kier molecular flexibility index (Phi) is 14.7. The van der Waals surface area contributed by atoms with Gasteiger partial charge < -0.3 is 30.7 Å². The van der Waals surface area contributed by atoms with E-state index in [0.717, 1.165) is 69.9 Å². The summed E-state index contributed by atoms with van der Waals surface area (Å²) in [6.45, 7) is 0.644. The number of nitrogens with two attached hydrogens (primary N) is 1. The van der Waals surface area contributed by atoms with Crippen molar-refractivity contribution in [1.29, 1.82) is 0 Å². The van der Waals surface area contributed by atoms with Crippen LogP contribution in [0.2, 0.25) is 0 Å². The van der Waals surface area contributed by atoms with Gasteiger partial charge >= 0.3 is 0 Å². The number of anilines is 1. The number of aliphatic hydroxyl groups excluding tert-OH is 1. The first kappa shape index (κ1) is 39.1. The number of carbonyl (C=O) groups excluding carboxylic acids is 3. The zero-order valence-corrected chi connectivity index (χ0v) is 31.6. The van der Waals surface area contributed by atoms with Crippen LogP contribution < -0.4 is 11.1 Å². The maximum absolute atomic E-state index is 14.4. The normalized spacial score (nSPS) is 19.5. The van der Waals surface area contributed by atoms with Crippen molar-refractivity contribution in [2.75, 3.05) is 39.5 Å². The zero-order valence-electron chi connectivity index (χ0n) is 30.8. The number of rotatable bonds is 19. The van der Waals surface area contributed by atoms with Crippen LogP contribution in [0.5, 0.6) is 0 Å². The Labute approximate surface area is 308 Å². The Bertz CT molecular complexity index is 1390. The average Bonchev–Trinajstić information content (AvgIpc) is 3.87. The van der Waals surface area contributed by atoms with E-state index >= 15 is 0 Å². The number of nitrogens with one attached hydrogen (secondary N) is 1. The molecule has 0 aromatic carbocycles. The van der Waals surface area contributed by atoms with Crippen LogP contribution in [0.4, 0.5) is 5.13 Å². The number of thiazole rings is 1. The van der Waals surface area contributed by atoms with E-state index in [0.29, 0.717) is 42.0 Å². The molecular weight excluding hydrogens is 665 g/mol. The lowest BCUT2D eigenvalue weighted by molar-refractivity contribution is -0.147. The van der Waals surface area contributed by atoms with Crippen LogP contribution in [0.1, 0.15) is 108 Å². The fraction of sp³-hybridized carbons (Fsp3) is 0.718. The molecule has 3 unspecified atom stereocenters. The predicted octanol–water partition coefficient (Wildman–Crippen LogP) is 5.16. The average molecular weight is 725 g/mol. The van der Waals surface area contributed by atoms with Gasteiger partial charge in [-0.05, 0) is 49.7 Å². The summed E-state index contributed by atoms with van der Waals surface area (Å²) in [5, 5.41) is 16.9. The number of hydrogen-bond acceptors (Lipinski definition) is 9. The molecule has 4 N–H and O–H groups in total. The van der Waals surface area contributed by atoms with Gasteiger partial charge in [0.25, 0.3) is 0 Å². The molecule has 12 heteroatoms. The van der Waals surface area contributed by atoms with Crippen molar-refractivity contribution in [2.24, 2.45) is 17.8 Å². The summed E-state index contributed by atoms with van der Waals surface area (Å²) in [6, 6.07) is 5.36. The minimum absolute atomic E-state index is 0.0944. The van der Waals surface area contributed by atoms with Crippen LogP contribution in [0, 0.1) is 17.8 Å². The molecule has 3 aliphatic carbocycles. The van der Waals surface area contributed by atoms with Gasteiger partial charge in [-0.3, -0.25) is 19.4 Å². The summed E-state index contributed by atoms with van der Waals surface area (Å²) >= 11 is 1.31. The third-order valence-corrected chi connectivity index (χ3v) is 12.1. The van der Waals surface area contributed by atoms with Gasteiger partial charge in [0.2, 0.25) is 17.7 Å². The summed E-state index contributed by atoms with van der Waals surface area (Å²) in [6.07, 6.45) is 16.1. The van der Waals surface area contributed by atoms with Crippen molar-refractivity contribution < 1.29 is 24.2 Å². The fourth-order valence-electron chi connectivity index (χ4n) is 7.96. The summed E-state index contributed by atoms with van der Waals surface area (Å²) in [5.41, 5.74) is 6.98. The zero-order chi connectivity index (χ0) is 36.2. The van der Waals surface area contributed by atoms with Gasteiger partial charge in [0, 0.05) is 57.2 Å². The molecule has 11 nitrogen and oxygen atoms in total. The van der Waals surface area contributed by atoms with Crippen molar-refractivity contribution in [1.82, 2.24) is 25.1 Å². The Balaban J connectivity index is 1.33. The minimum Gasteiger partial charge on any atom is -0.391 e. The number of likely N-dealkylation sites (N-methyl/N-ethyl adjacent to an activating group) is 1. The van der Waals surface area contributed by atoms with E-state index in [1.807, 2.05) is 23.6 Å². The highest BCUT2D eigenvalue weighted by molar-refractivity contribution is 7.13. The number of hydrogen-bond donors (Lipinski definition) is 3. The molecule has 0 radical (unpaired) electrons. The molecular formula is C39H60N6O5S. The lowest BCUT2D eigenvalue weighted by Gasteiger charge is -2.40. The summed E-state index contributed by atoms with van der Waals surface area (Å²) in [5.74, 6) is -0.469. The smallest absolute Gasteiger partial charge is 0.241 e. The van der Waals surface area contributed by atoms with E-state index in [4.69, 9.17) is 10.5 Å². The first-order chi connectivity index (χ1) is 24.6. The fourth-order valence-corrected chi connectivity index (χ4v) is 8.54. The number of aliphatic hydroxyl groups is 1. The Morgan fingerprint density at radius 3 is 2.39 bits per heavy atom. The van der Waals surface area contributed by atoms with E-state index in [9.17, 15) is 19.5 Å². The third-order valence-electron chi connectivity index (χ3n) is 11.4. The molecule has 5 rings (SSSR count). The number of amides is 3. The van der Waals surface area contributed by atoms with Gasteiger partial charge in [-0.15, -0.1) is 11.3 Å². The molecule has 2 heterocycles. The molecule has 0 bridgehead atoms. The second kappa shape index (κ2) is 19.1. The molecule has 3 saturated carbocycles. The second-order valence-electron chi connectivity index (χ2n) is 15.5. The molecule has 0 spiro atoms. The van der Waals surface area contributed by atoms with Gasteiger partial charge in [-0.25, -0.2) is 4.98 Å². The summed E-state index contributed by atoms with van der Waals surface area (Å²) in [7, 11) is 3.44. The molecule has 51 heavy (non-hydrogen) atoms. The third kappa shape index (κ3) is 12.2. The van der Waals surface area contributed by atoms with Crippen LogP contribution in [0.15, 0.2) is 29.8 Å². The maximum atomic E-state index is 14.4. The van der Waals surface area contributed by atoms with Gasteiger partial charge in [-0.2, -0.15) is 0 Å². The molecule has 2 aromatic heterocycles. The van der Waals surface area contributed by atoms with Crippen molar-refractivity contribution in [3.8, 4) is 0 Å². The SMILES string of the molecule is COC1(CN(CC(=O)N(C)CCc2ccccn2)C(=O)CC(Cc2csc(N)n2)C(=O)NC(CC2CCCCC2)C(O)CC2CC2)CCCCC1. The van der Waals surface area contributed by atoms with Crippen LogP contribution in [0.25, 0.3) is 0 Å². The molecule has 2 aromatic rings. The molecule has 3 atom stereocenters. The maximum Gasteiger partial charge on any atom is 0.241 e. The van der Waals surface area contributed by atoms with Gasteiger partial charge in [0.1, 0.15) is 0 Å². The molecule has 3 amide bonds. The van der Waals surface area contributed by atoms with Crippen molar-refractivity contribution in [3.05, 3.63) is 41.2 Å². The molecule has 3 aliphatic rings. The van der Waals surface area contributed by atoms with E-state index in [-0.39, 0.29) is 49.7 Å². The number of carbonyl (C=O) groups is 3. The highest BCUT2D eigenvalue weighted by Crippen LogP contribution is 2.36. The number of aromatic nitrogens is 2. The molecule has 0 saturated heterocycles. The minimum atomic E-state index is -0.745. The lowest BCUT2D eigenvalue weighted by atomic mass is 9.82. The summed E-state index contributed by atoms with van der Waals surface area (Å²) < 4.78 is 6.09. The van der Waals surface area contributed by atoms with E-state index in [1.54, 1.807) is 30.2 Å². The van der Waals surface area contributed by atoms with Crippen molar-refractivity contribution in [2.45, 2.75) is 127 Å². The highest BCUT2D eigenvalue weighted by atomic mass is 32.1. The van der Waals surface area contributed by atoms with Crippen molar-refractivity contribution >= 4 is 34.2 Å². The second-order valence-corrected chi connectivity index (χ2v) is 16.4. The molecule has 282 valence electrons. The standard InChI is InChI=1S/C39H60N6O5S/c1-44(20-16-31-13-7-10-19-41-31)36(48)25-45(27-39(50-2)17-8-4-9-18-39)35(47)24-30(23-32-26-51-38(40)42-32)37(49)43-33(34(46)22-29-14-15-29)21-28-11-5-3-6-12-28/h7,10,13,19,26,28-30,33-34,46H,3-6,8-9,11-12,14-18,20-25,27H2,1-2H3,(H2,40,42)(H,43,49). The van der Waals surface area contributed by atoms with Crippen LogP contribution in [0.3, 0.4) is 0 Å². The summed E-state index contributed by atoms with van der Waals surface area (Å²) in [4.78, 5) is 54.5. The van der Waals surface area contributed by atoms with Gasteiger partial charge in [0.05, 0.1) is 42.4 Å². The predicted molar refractivity (Wildman–Crippen MR) is 200 cm³/mol. The number of nitrogens with zero attached hydrogens (tertiary/aromatic N) is 4. The Morgan fingerprint density at radius 2 is 1.75 bits per heavy atom. The Hall–Kier alpha value is -3.09. The van der Waals surface area contributed by atoms with Crippen molar-refractivity contribution in [3.63, 3.8) is 0 Å². The lowest BCUT2D eigenvalue weighted by Crippen LogP contribution is -2.52. The van der Waals surface area contributed by atoms with E-state index in [2.05, 4.69) is 15.3 Å².